The van der Waals surface area contributed by atoms with Gasteiger partial charge in [0.15, 0.2) is 5.65 Å². The van der Waals surface area contributed by atoms with Crippen LogP contribution in [0.2, 0.25) is 0 Å². The molecular weight excluding hydrogens is 395 g/mol. The van der Waals surface area contributed by atoms with E-state index < -0.39 is 11.9 Å². The van der Waals surface area contributed by atoms with E-state index >= 15 is 0 Å². The lowest BCUT2D eigenvalue weighted by Gasteiger charge is -2.37. The number of aromatic nitrogens is 4. The minimum Gasteiger partial charge on any atom is -0.481 e. The summed E-state index contributed by atoms with van der Waals surface area (Å²) >= 11 is 0. The fourth-order valence-corrected chi connectivity index (χ4v) is 4.12. The van der Waals surface area contributed by atoms with Crippen molar-refractivity contribution in [2.24, 2.45) is 0 Å². The van der Waals surface area contributed by atoms with Crippen molar-refractivity contribution in [1.82, 2.24) is 24.8 Å². The van der Waals surface area contributed by atoms with Crippen molar-refractivity contribution in [3.8, 4) is 5.88 Å². The van der Waals surface area contributed by atoms with E-state index in [1.165, 1.54) is 7.11 Å². The summed E-state index contributed by atoms with van der Waals surface area (Å²) in [5.41, 5.74) is 2.33. The molecule has 6 nitrogen and oxygen atoms in total. The normalized spacial score (nSPS) is 19.2. The maximum absolute atomic E-state index is 13.3. The van der Waals surface area contributed by atoms with Crippen molar-refractivity contribution in [2.45, 2.75) is 44.8 Å². The standard InChI is InChI=1S/C21H24F3N5O/c1-12(16-7-17-20(25-10-16)27-13(2)26-17)29-6-4-5-14(11-29)15-8-18(21(22,23)24)28-19(9-15)30-3/h7-10,12,14H,4-6,11H2,1-3H3,(H,25,26,27)/t12-,14?/m0/s1. The number of aryl methyl sites for hydroxylation is 1. The van der Waals surface area contributed by atoms with Crippen molar-refractivity contribution in [1.29, 1.82) is 0 Å². The molecule has 0 saturated carbocycles. The number of H-pyrrole nitrogens is 1. The van der Waals surface area contributed by atoms with Crippen molar-refractivity contribution in [3.05, 3.63) is 47.0 Å². The smallest absolute Gasteiger partial charge is 0.433 e. The third-order valence-corrected chi connectivity index (χ3v) is 5.76. The molecule has 9 heteroatoms. The molecule has 1 unspecified atom stereocenters. The fraction of sp³-hybridized carbons (Fsp3) is 0.476. The molecule has 1 aliphatic heterocycles. The number of aromatic amines is 1. The van der Waals surface area contributed by atoms with Crippen molar-refractivity contribution >= 4 is 11.2 Å². The second-order valence-corrected chi connectivity index (χ2v) is 7.80. The van der Waals surface area contributed by atoms with Gasteiger partial charge in [0.25, 0.3) is 0 Å². The van der Waals surface area contributed by atoms with E-state index in [4.69, 9.17) is 4.74 Å². The summed E-state index contributed by atoms with van der Waals surface area (Å²) in [5, 5.41) is 0. The molecule has 160 valence electrons. The average molecular weight is 419 g/mol. The highest BCUT2D eigenvalue weighted by Crippen LogP contribution is 2.36. The first kappa shape index (κ1) is 20.6. The first-order chi connectivity index (χ1) is 14.2. The van der Waals surface area contributed by atoms with Gasteiger partial charge in [-0.3, -0.25) is 4.90 Å². The number of hydrogen-bond acceptors (Lipinski definition) is 5. The van der Waals surface area contributed by atoms with Gasteiger partial charge in [0.1, 0.15) is 11.5 Å². The predicted molar refractivity (Wildman–Crippen MR) is 106 cm³/mol. The van der Waals surface area contributed by atoms with Gasteiger partial charge in [-0.15, -0.1) is 0 Å². The molecule has 3 aromatic heterocycles. The number of hydrogen-bond donors (Lipinski definition) is 1. The van der Waals surface area contributed by atoms with Crippen LogP contribution in [0.5, 0.6) is 5.88 Å². The lowest BCUT2D eigenvalue weighted by atomic mass is 9.89. The summed E-state index contributed by atoms with van der Waals surface area (Å²) in [4.78, 5) is 17.8. The minimum absolute atomic E-state index is 0.00531. The zero-order valence-electron chi connectivity index (χ0n) is 17.1. The Morgan fingerprint density at radius 2 is 2.03 bits per heavy atom. The van der Waals surface area contributed by atoms with Crippen LogP contribution in [0.25, 0.3) is 11.2 Å². The summed E-state index contributed by atoms with van der Waals surface area (Å²) in [5.74, 6) is 0.784. The molecular formula is C21H24F3N5O. The molecule has 0 amide bonds. The molecule has 0 radical (unpaired) electrons. The van der Waals surface area contributed by atoms with Gasteiger partial charge in [-0.1, -0.05) is 0 Å². The first-order valence-electron chi connectivity index (χ1n) is 9.94. The van der Waals surface area contributed by atoms with Crippen molar-refractivity contribution < 1.29 is 17.9 Å². The second-order valence-electron chi connectivity index (χ2n) is 7.80. The number of nitrogens with zero attached hydrogens (tertiary/aromatic N) is 4. The van der Waals surface area contributed by atoms with Crippen LogP contribution in [-0.2, 0) is 6.18 Å². The molecule has 2 atom stereocenters. The highest BCUT2D eigenvalue weighted by Gasteiger charge is 2.35. The molecule has 0 bridgehead atoms. The van der Waals surface area contributed by atoms with Crippen LogP contribution in [0, 0.1) is 6.92 Å². The maximum Gasteiger partial charge on any atom is 0.433 e. The van der Waals surface area contributed by atoms with E-state index in [9.17, 15) is 13.2 Å². The third-order valence-electron chi connectivity index (χ3n) is 5.76. The largest absolute Gasteiger partial charge is 0.481 e. The van der Waals surface area contributed by atoms with Gasteiger partial charge >= 0.3 is 6.18 Å². The molecule has 0 spiro atoms. The summed E-state index contributed by atoms with van der Waals surface area (Å²) in [6.45, 7) is 5.53. The van der Waals surface area contributed by atoms with Crippen LogP contribution in [0.4, 0.5) is 13.2 Å². The van der Waals surface area contributed by atoms with E-state index in [0.717, 1.165) is 42.4 Å². The summed E-state index contributed by atoms with van der Waals surface area (Å²) in [6.07, 6.45) is -0.952. The van der Waals surface area contributed by atoms with Gasteiger partial charge in [0, 0.05) is 24.8 Å². The summed E-state index contributed by atoms with van der Waals surface area (Å²) in [7, 11) is 1.34. The highest BCUT2D eigenvalue weighted by molar-refractivity contribution is 5.71. The van der Waals surface area contributed by atoms with Gasteiger partial charge < -0.3 is 9.72 Å². The van der Waals surface area contributed by atoms with E-state index in [0.29, 0.717) is 17.8 Å². The number of methoxy groups -OCH3 is 1. The Balaban J connectivity index is 1.58. The van der Waals surface area contributed by atoms with Gasteiger partial charge in [-0.05, 0) is 62.4 Å². The molecule has 0 aliphatic carbocycles. The number of fused-ring (bicyclic) bond motifs is 1. The van der Waals surface area contributed by atoms with Gasteiger partial charge in [-0.2, -0.15) is 13.2 Å². The lowest BCUT2D eigenvalue weighted by molar-refractivity contribution is -0.141. The quantitative estimate of drug-likeness (QED) is 0.668. The fourth-order valence-electron chi connectivity index (χ4n) is 4.12. The van der Waals surface area contributed by atoms with Crippen LogP contribution in [0.15, 0.2) is 24.4 Å². The first-order valence-corrected chi connectivity index (χ1v) is 9.94. The Kier molecular flexibility index (Phi) is 5.40. The Morgan fingerprint density at radius 1 is 1.23 bits per heavy atom. The van der Waals surface area contributed by atoms with Gasteiger partial charge in [0.2, 0.25) is 5.88 Å². The third kappa shape index (κ3) is 4.12. The number of rotatable bonds is 4. The molecule has 1 N–H and O–H groups in total. The molecule has 3 aromatic rings. The zero-order valence-corrected chi connectivity index (χ0v) is 17.1. The number of alkyl halides is 3. The number of likely N-dealkylation sites (tertiary alicyclic amines) is 1. The Labute approximate surface area is 172 Å². The molecule has 4 heterocycles. The molecule has 30 heavy (non-hydrogen) atoms. The topological polar surface area (TPSA) is 66.9 Å². The zero-order chi connectivity index (χ0) is 21.5. The van der Waals surface area contributed by atoms with Gasteiger partial charge in [0.05, 0.1) is 12.6 Å². The maximum atomic E-state index is 13.3. The van der Waals surface area contributed by atoms with Crippen LogP contribution in [0.1, 0.15) is 54.4 Å². The van der Waals surface area contributed by atoms with E-state index in [1.54, 1.807) is 6.07 Å². The Bertz CT molecular complexity index is 1050. The van der Waals surface area contributed by atoms with Crippen molar-refractivity contribution in [3.63, 3.8) is 0 Å². The molecule has 4 rings (SSSR count). The van der Waals surface area contributed by atoms with Crippen LogP contribution < -0.4 is 4.74 Å². The van der Waals surface area contributed by atoms with E-state index in [-0.39, 0.29) is 17.8 Å². The number of pyridine rings is 2. The minimum atomic E-state index is -4.51. The number of ether oxygens (including phenoxy) is 1. The highest BCUT2D eigenvalue weighted by atomic mass is 19.4. The summed E-state index contributed by atoms with van der Waals surface area (Å²) in [6, 6.07) is 4.91. The van der Waals surface area contributed by atoms with E-state index in [2.05, 4.69) is 31.8 Å². The molecule has 0 aromatic carbocycles. The van der Waals surface area contributed by atoms with Crippen molar-refractivity contribution in [2.75, 3.05) is 20.2 Å². The van der Waals surface area contributed by atoms with Crippen LogP contribution in [0.3, 0.4) is 0 Å². The predicted octanol–water partition coefficient (Wildman–Crippen LogP) is 4.63. The van der Waals surface area contributed by atoms with Crippen LogP contribution in [-0.4, -0.2) is 45.0 Å². The second kappa shape index (κ2) is 7.86. The number of nitrogens with one attached hydrogen (secondary N) is 1. The average Bonchev–Trinajstić information content (AvgIpc) is 3.11. The number of imidazole rings is 1. The van der Waals surface area contributed by atoms with Gasteiger partial charge in [-0.25, -0.2) is 15.0 Å². The summed E-state index contributed by atoms with van der Waals surface area (Å²) < 4.78 is 44.8. The monoisotopic (exact) mass is 419 g/mol. The lowest BCUT2D eigenvalue weighted by Crippen LogP contribution is -2.36. The molecule has 1 aliphatic rings. The number of piperidine rings is 1. The van der Waals surface area contributed by atoms with Crippen LogP contribution >= 0.6 is 0 Å². The Hall–Kier alpha value is -2.68. The number of halogens is 3. The molecule has 1 fully saturated rings. The SMILES string of the molecule is COc1cc(C2CCCN([C@@H](C)c3cnc4nc(C)[nH]c4c3)C2)cc(C(F)(F)F)n1. The van der Waals surface area contributed by atoms with E-state index in [1.807, 2.05) is 19.2 Å². The molecule has 1 saturated heterocycles. The Morgan fingerprint density at radius 3 is 2.77 bits per heavy atom.